The Morgan fingerprint density at radius 2 is 1.86 bits per heavy atom. The van der Waals surface area contributed by atoms with Crippen LogP contribution in [0.25, 0.3) is 0 Å². The maximum Gasteiger partial charge on any atom is 0.496 e. The molecule has 7 nitrogen and oxygen atoms in total. The van der Waals surface area contributed by atoms with Crippen LogP contribution in [-0.2, 0) is 15.7 Å². The first-order chi connectivity index (χ1) is 13.2. The average molecular weight is 399 g/mol. The Labute approximate surface area is 173 Å². The fraction of sp³-hybridized carbons (Fsp3) is 0.667. The molecule has 2 atom stereocenters. The predicted molar refractivity (Wildman–Crippen MR) is 111 cm³/mol. The largest absolute Gasteiger partial charge is 0.496 e. The van der Waals surface area contributed by atoms with Crippen molar-refractivity contribution in [1.29, 1.82) is 5.26 Å². The van der Waals surface area contributed by atoms with Crippen LogP contribution >= 0.6 is 0 Å². The summed E-state index contributed by atoms with van der Waals surface area (Å²) in [5, 5.41) is 19.8. The maximum absolute atomic E-state index is 12.4. The van der Waals surface area contributed by atoms with E-state index < -0.39 is 41.8 Å². The second kappa shape index (κ2) is 6.71. The van der Waals surface area contributed by atoms with Gasteiger partial charge in [0, 0.05) is 18.1 Å². The number of nitrogens with zero attached hydrogens (tertiary/aromatic N) is 3. The van der Waals surface area contributed by atoms with E-state index in [4.69, 9.17) is 9.31 Å². The van der Waals surface area contributed by atoms with Crippen molar-refractivity contribution in [2.45, 2.75) is 79.1 Å². The average Bonchev–Trinajstić information content (AvgIpc) is 2.79. The summed E-state index contributed by atoms with van der Waals surface area (Å²) < 4.78 is 12.3. The van der Waals surface area contributed by atoms with Crippen LogP contribution in [0.5, 0.6) is 0 Å². The van der Waals surface area contributed by atoms with Gasteiger partial charge in [-0.25, -0.2) is 4.79 Å². The predicted octanol–water partition coefficient (Wildman–Crippen LogP) is 3.28. The summed E-state index contributed by atoms with van der Waals surface area (Å²) in [6.07, 6.45) is 1.03. The minimum absolute atomic E-state index is 0.413. The molecule has 0 spiro atoms. The molecule has 2 aliphatic heterocycles. The number of nitriles is 1. The summed E-state index contributed by atoms with van der Waals surface area (Å²) in [6, 6.07) is 1.82. The third-order valence-corrected chi connectivity index (χ3v) is 6.50. The van der Waals surface area contributed by atoms with Gasteiger partial charge in [0.15, 0.2) is 0 Å². The van der Waals surface area contributed by atoms with Gasteiger partial charge in [-0.3, -0.25) is 9.88 Å². The number of carbonyl (C=O) groups is 1. The van der Waals surface area contributed by atoms with Gasteiger partial charge in [0.05, 0.1) is 40.6 Å². The molecule has 0 aliphatic carbocycles. The van der Waals surface area contributed by atoms with Crippen LogP contribution in [0, 0.1) is 29.6 Å². The molecular weight excluding hydrogens is 369 g/mol. The number of carboxylic acid groups (broad SMARTS) is 1. The van der Waals surface area contributed by atoms with Crippen molar-refractivity contribution in [3.63, 3.8) is 0 Å². The van der Waals surface area contributed by atoms with Gasteiger partial charge in [-0.15, -0.1) is 0 Å². The maximum atomic E-state index is 12.4. The highest BCUT2D eigenvalue weighted by Crippen LogP contribution is 2.43. The second-order valence-electron chi connectivity index (χ2n) is 10.1. The van der Waals surface area contributed by atoms with Crippen molar-refractivity contribution in [1.82, 2.24) is 4.98 Å². The van der Waals surface area contributed by atoms with E-state index in [0.717, 1.165) is 11.0 Å². The zero-order valence-electron chi connectivity index (χ0n) is 18.5. The summed E-state index contributed by atoms with van der Waals surface area (Å²) in [4.78, 5) is 18.2. The second-order valence-corrected chi connectivity index (χ2v) is 10.1. The monoisotopic (exact) mass is 399 g/mol. The highest BCUT2D eigenvalue weighted by molar-refractivity contribution is 6.62. The number of anilines is 1. The number of amides is 1. The molecule has 29 heavy (non-hydrogen) atoms. The lowest BCUT2D eigenvalue weighted by atomic mass is 9.72. The van der Waals surface area contributed by atoms with E-state index in [-0.39, 0.29) is 0 Å². The normalized spacial score (nSPS) is 25.5. The summed E-state index contributed by atoms with van der Waals surface area (Å²) in [5.74, 6) is -0.465. The fourth-order valence-electron chi connectivity index (χ4n) is 4.30. The van der Waals surface area contributed by atoms with E-state index in [1.165, 1.54) is 4.90 Å². The number of aromatic nitrogens is 1. The minimum Gasteiger partial charge on any atom is -0.465 e. The number of hydrogen-bond donors (Lipinski definition) is 1. The van der Waals surface area contributed by atoms with Crippen molar-refractivity contribution in [2.24, 2.45) is 11.3 Å². The Morgan fingerprint density at radius 1 is 1.31 bits per heavy atom. The summed E-state index contributed by atoms with van der Waals surface area (Å²) in [6.45, 7) is 15.7. The van der Waals surface area contributed by atoms with Gasteiger partial charge in [-0.1, -0.05) is 20.8 Å². The number of hydrogen-bond acceptors (Lipinski definition) is 5. The van der Waals surface area contributed by atoms with E-state index in [2.05, 4.69) is 11.1 Å². The first-order valence-corrected chi connectivity index (χ1v) is 9.97. The molecule has 156 valence electrons. The lowest BCUT2D eigenvalue weighted by molar-refractivity contribution is 0.00578. The van der Waals surface area contributed by atoms with Crippen LogP contribution in [0.3, 0.4) is 0 Å². The third-order valence-electron chi connectivity index (χ3n) is 6.50. The minimum atomic E-state index is -1.08. The van der Waals surface area contributed by atoms with Crippen LogP contribution in [0.4, 0.5) is 10.5 Å². The van der Waals surface area contributed by atoms with E-state index in [1.807, 2.05) is 55.4 Å². The van der Waals surface area contributed by atoms with Gasteiger partial charge >= 0.3 is 13.2 Å². The van der Waals surface area contributed by atoms with E-state index in [0.29, 0.717) is 17.8 Å². The molecule has 3 heterocycles. The highest BCUT2D eigenvalue weighted by Gasteiger charge is 2.53. The zero-order valence-corrected chi connectivity index (χ0v) is 18.5. The van der Waals surface area contributed by atoms with Crippen molar-refractivity contribution < 1.29 is 19.2 Å². The van der Waals surface area contributed by atoms with Gasteiger partial charge in [-0.05, 0) is 45.6 Å². The number of rotatable bonds is 1. The molecule has 1 N–H and O–H groups in total. The molecule has 2 unspecified atom stereocenters. The molecular formula is C21H30BN3O4. The van der Waals surface area contributed by atoms with Crippen LogP contribution in [0.1, 0.15) is 59.7 Å². The molecule has 3 rings (SSSR count). The lowest BCUT2D eigenvalue weighted by Gasteiger charge is -2.45. The Morgan fingerprint density at radius 3 is 2.31 bits per heavy atom. The van der Waals surface area contributed by atoms with Gasteiger partial charge < -0.3 is 14.4 Å². The molecule has 1 saturated heterocycles. The smallest absolute Gasteiger partial charge is 0.465 e. The van der Waals surface area contributed by atoms with Gasteiger partial charge in [0.2, 0.25) is 0 Å². The SMILES string of the molecule is Cc1c(B2OC(C)(C)C(C)(C)O2)cnc2c1N(C(=O)O)C(C(C)(C)C)C(C#N)C2. The van der Waals surface area contributed by atoms with Crippen LogP contribution < -0.4 is 10.4 Å². The molecule has 0 saturated carbocycles. The molecule has 1 amide bonds. The summed E-state index contributed by atoms with van der Waals surface area (Å²) >= 11 is 0. The van der Waals surface area contributed by atoms with Crippen molar-refractivity contribution in [2.75, 3.05) is 4.90 Å². The van der Waals surface area contributed by atoms with Gasteiger partial charge in [-0.2, -0.15) is 5.26 Å². The Bertz CT molecular complexity index is 869. The molecule has 8 heteroatoms. The van der Waals surface area contributed by atoms with Crippen LogP contribution in [0.2, 0.25) is 0 Å². The first kappa shape index (κ1) is 21.6. The van der Waals surface area contributed by atoms with E-state index >= 15 is 0 Å². The van der Waals surface area contributed by atoms with Crippen molar-refractivity contribution in [3.8, 4) is 6.07 Å². The van der Waals surface area contributed by atoms with Gasteiger partial charge in [0.25, 0.3) is 0 Å². The zero-order chi connectivity index (χ0) is 21.9. The van der Waals surface area contributed by atoms with Gasteiger partial charge in [0.1, 0.15) is 0 Å². The summed E-state index contributed by atoms with van der Waals surface area (Å²) in [7, 11) is -0.629. The quantitative estimate of drug-likeness (QED) is 0.729. The molecule has 0 radical (unpaired) electrons. The third kappa shape index (κ3) is 3.41. The number of pyridine rings is 1. The van der Waals surface area contributed by atoms with Crippen molar-refractivity contribution >= 4 is 24.4 Å². The molecule has 0 bridgehead atoms. The topological polar surface area (TPSA) is 95.7 Å². The number of fused-ring (bicyclic) bond motifs is 1. The molecule has 2 aliphatic rings. The lowest BCUT2D eigenvalue weighted by Crippen LogP contribution is -2.55. The van der Waals surface area contributed by atoms with E-state index in [9.17, 15) is 15.2 Å². The Kier molecular flexibility index (Phi) is 5.00. The standard InChI is InChI=1S/C21H30BN3O4/c1-12-14(22-28-20(5,6)21(7,8)29-22)11-24-15-9-13(10-23)17(19(2,3)4)25(16(12)15)18(26)27/h11,13,17H,9H2,1-8H3,(H,26,27). The van der Waals surface area contributed by atoms with Crippen LogP contribution in [0.15, 0.2) is 6.20 Å². The highest BCUT2D eigenvalue weighted by atomic mass is 16.7. The molecule has 1 fully saturated rings. The fourth-order valence-corrected chi connectivity index (χ4v) is 4.30. The molecule has 1 aromatic rings. The summed E-state index contributed by atoms with van der Waals surface area (Å²) in [5.41, 5.74) is 1.23. The van der Waals surface area contributed by atoms with Crippen molar-refractivity contribution in [3.05, 3.63) is 17.5 Å². The van der Waals surface area contributed by atoms with E-state index in [1.54, 1.807) is 6.20 Å². The Hall–Kier alpha value is -2.11. The first-order valence-electron chi connectivity index (χ1n) is 9.97. The molecule has 0 aromatic carbocycles. The van der Waals surface area contributed by atoms with Crippen LogP contribution in [-0.4, -0.2) is 40.5 Å². The molecule has 1 aromatic heterocycles. The Balaban J connectivity index is 2.15.